The van der Waals surface area contributed by atoms with Gasteiger partial charge in [0.25, 0.3) is 11.6 Å². The first kappa shape index (κ1) is 21.3. The van der Waals surface area contributed by atoms with Crippen LogP contribution in [0.5, 0.6) is 11.5 Å². The number of benzene rings is 3. The number of carbonyl (C=O) groups is 1. The Hall–Kier alpha value is -4.40. The number of anilines is 2. The average molecular weight is 420 g/mol. The van der Waals surface area contributed by atoms with Crippen LogP contribution in [0.3, 0.4) is 0 Å². The van der Waals surface area contributed by atoms with Crippen LogP contribution in [-0.2, 0) is 4.79 Å². The third kappa shape index (κ3) is 6.29. The Morgan fingerprint density at radius 1 is 1.03 bits per heavy atom. The molecule has 0 bridgehead atoms. The number of nitro benzene ring substituents is 1. The van der Waals surface area contributed by atoms with Crippen molar-refractivity contribution in [1.82, 2.24) is 0 Å². The van der Waals surface area contributed by atoms with Crippen molar-refractivity contribution in [1.29, 1.82) is 0 Å². The molecule has 2 N–H and O–H groups in total. The lowest BCUT2D eigenvalue weighted by Gasteiger charge is -2.11. The van der Waals surface area contributed by atoms with Crippen LogP contribution in [0.4, 0.5) is 17.1 Å². The molecule has 0 heterocycles. The van der Waals surface area contributed by atoms with Crippen LogP contribution in [-0.4, -0.2) is 30.8 Å². The molecule has 9 nitrogen and oxygen atoms in total. The molecule has 0 aromatic heterocycles. The Labute approximate surface area is 178 Å². The third-order valence-electron chi connectivity index (χ3n) is 4.09. The van der Waals surface area contributed by atoms with E-state index in [2.05, 4.69) is 15.8 Å². The van der Waals surface area contributed by atoms with Crippen LogP contribution in [0.25, 0.3) is 0 Å². The van der Waals surface area contributed by atoms with Crippen LogP contribution < -0.4 is 20.2 Å². The summed E-state index contributed by atoms with van der Waals surface area (Å²) in [6.45, 7) is -0.166. The van der Waals surface area contributed by atoms with Gasteiger partial charge in [0.05, 0.1) is 23.9 Å². The fraction of sp³-hybridized carbons (Fsp3) is 0.0909. The van der Waals surface area contributed by atoms with E-state index in [0.29, 0.717) is 22.9 Å². The molecule has 0 saturated carbocycles. The van der Waals surface area contributed by atoms with Gasteiger partial charge in [0.1, 0.15) is 0 Å². The van der Waals surface area contributed by atoms with E-state index in [1.807, 2.05) is 18.2 Å². The van der Waals surface area contributed by atoms with Gasteiger partial charge in [-0.15, -0.1) is 0 Å². The highest BCUT2D eigenvalue weighted by molar-refractivity contribution is 5.91. The maximum Gasteiger partial charge on any atom is 0.269 e. The second-order valence-corrected chi connectivity index (χ2v) is 6.29. The number of nitro groups is 1. The zero-order valence-electron chi connectivity index (χ0n) is 16.6. The second-order valence-electron chi connectivity index (χ2n) is 6.29. The standard InChI is InChI=1S/C22H20N4O5/c1-30-21-13-16(14-23-25-18-8-10-19(11-9-18)26(28)29)7-12-20(21)31-15-22(27)24-17-5-3-2-4-6-17/h2-14,25H,15H2,1H3,(H,24,27). The van der Waals surface area contributed by atoms with Crippen molar-refractivity contribution in [3.63, 3.8) is 0 Å². The van der Waals surface area contributed by atoms with Crippen molar-refractivity contribution in [2.45, 2.75) is 0 Å². The van der Waals surface area contributed by atoms with Crippen molar-refractivity contribution in [3.05, 3.63) is 88.5 Å². The van der Waals surface area contributed by atoms with Gasteiger partial charge in [0, 0.05) is 17.8 Å². The molecule has 0 radical (unpaired) electrons. The Bertz CT molecular complexity index is 1070. The average Bonchev–Trinajstić information content (AvgIpc) is 2.79. The first-order valence-corrected chi connectivity index (χ1v) is 9.24. The lowest BCUT2D eigenvalue weighted by atomic mass is 10.2. The number of non-ortho nitro benzene ring substituents is 1. The summed E-state index contributed by atoms with van der Waals surface area (Å²) in [5.41, 5.74) is 4.83. The SMILES string of the molecule is COc1cc(C=NNc2ccc([N+](=O)[O-])cc2)ccc1OCC(=O)Nc1ccccc1. The lowest BCUT2D eigenvalue weighted by molar-refractivity contribution is -0.384. The second kappa shape index (κ2) is 10.4. The molecule has 0 saturated heterocycles. The molecule has 3 rings (SSSR count). The number of rotatable bonds is 9. The molecule has 0 atom stereocenters. The van der Waals surface area contributed by atoms with Crippen molar-refractivity contribution >= 4 is 29.2 Å². The van der Waals surface area contributed by atoms with E-state index in [1.54, 1.807) is 48.7 Å². The Kier molecular flexibility index (Phi) is 7.15. The maximum atomic E-state index is 12.0. The van der Waals surface area contributed by atoms with Gasteiger partial charge in [0.2, 0.25) is 0 Å². The van der Waals surface area contributed by atoms with Gasteiger partial charge >= 0.3 is 0 Å². The number of methoxy groups -OCH3 is 1. The molecule has 3 aromatic rings. The predicted molar refractivity (Wildman–Crippen MR) is 118 cm³/mol. The molecule has 3 aromatic carbocycles. The van der Waals surface area contributed by atoms with Gasteiger partial charge in [-0.2, -0.15) is 5.10 Å². The highest BCUT2D eigenvalue weighted by Gasteiger charge is 2.09. The molecule has 0 aliphatic rings. The first-order chi connectivity index (χ1) is 15.0. The summed E-state index contributed by atoms with van der Waals surface area (Å²) in [5, 5.41) is 17.5. The highest BCUT2D eigenvalue weighted by atomic mass is 16.6. The number of hydrogen-bond donors (Lipinski definition) is 2. The molecule has 9 heteroatoms. The molecule has 0 unspecified atom stereocenters. The molecule has 0 fully saturated rings. The number of hydrazone groups is 1. The summed E-state index contributed by atoms with van der Waals surface area (Å²) in [6.07, 6.45) is 1.57. The monoisotopic (exact) mass is 420 g/mol. The zero-order valence-corrected chi connectivity index (χ0v) is 16.6. The van der Waals surface area contributed by atoms with Gasteiger partial charge in [0.15, 0.2) is 18.1 Å². The highest BCUT2D eigenvalue weighted by Crippen LogP contribution is 2.27. The predicted octanol–water partition coefficient (Wildman–Crippen LogP) is 4.07. The van der Waals surface area contributed by atoms with E-state index < -0.39 is 4.92 Å². The van der Waals surface area contributed by atoms with Crippen LogP contribution in [0.1, 0.15) is 5.56 Å². The summed E-state index contributed by atoms with van der Waals surface area (Å²) in [7, 11) is 1.50. The molecular weight excluding hydrogens is 400 g/mol. The topological polar surface area (TPSA) is 115 Å². The summed E-state index contributed by atoms with van der Waals surface area (Å²) in [5.74, 6) is 0.587. The number of hydrogen-bond acceptors (Lipinski definition) is 7. The molecule has 158 valence electrons. The fourth-order valence-corrected chi connectivity index (χ4v) is 2.58. The molecule has 0 aliphatic carbocycles. The van der Waals surface area contributed by atoms with Crippen molar-refractivity contribution < 1.29 is 19.2 Å². The summed E-state index contributed by atoms with van der Waals surface area (Å²) in [4.78, 5) is 22.3. The summed E-state index contributed by atoms with van der Waals surface area (Å²) < 4.78 is 10.9. The minimum absolute atomic E-state index is 0.00676. The first-order valence-electron chi connectivity index (χ1n) is 9.24. The molecular formula is C22H20N4O5. The van der Waals surface area contributed by atoms with Crippen LogP contribution in [0, 0.1) is 10.1 Å². The number of carbonyl (C=O) groups excluding carboxylic acids is 1. The third-order valence-corrected chi connectivity index (χ3v) is 4.09. The van der Waals surface area contributed by atoms with E-state index in [-0.39, 0.29) is 18.2 Å². The Morgan fingerprint density at radius 2 is 1.77 bits per heavy atom. The maximum absolute atomic E-state index is 12.0. The van der Waals surface area contributed by atoms with Gasteiger partial charge in [-0.25, -0.2) is 0 Å². The zero-order chi connectivity index (χ0) is 22.1. The van der Waals surface area contributed by atoms with Crippen LogP contribution in [0.15, 0.2) is 77.9 Å². The van der Waals surface area contributed by atoms with Crippen LogP contribution >= 0.6 is 0 Å². The molecule has 31 heavy (non-hydrogen) atoms. The van der Waals surface area contributed by atoms with E-state index in [0.717, 1.165) is 5.56 Å². The Morgan fingerprint density at radius 3 is 2.45 bits per heavy atom. The van der Waals surface area contributed by atoms with Crippen molar-refractivity contribution in [2.75, 3.05) is 24.5 Å². The number of para-hydroxylation sites is 1. The van der Waals surface area contributed by atoms with Gasteiger partial charge < -0.3 is 14.8 Å². The number of ether oxygens (including phenoxy) is 2. The minimum Gasteiger partial charge on any atom is -0.493 e. The summed E-state index contributed by atoms with van der Waals surface area (Å²) >= 11 is 0. The van der Waals surface area contributed by atoms with Crippen molar-refractivity contribution in [3.8, 4) is 11.5 Å². The molecule has 0 spiro atoms. The van der Waals surface area contributed by atoms with E-state index in [9.17, 15) is 14.9 Å². The number of amides is 1. The Balaban J connectivity index is 1.56. The van der Waals surface area contributed by atoms with Gasteiger partial charge in [-0.1, -0.05) is 18.2 Å². The molecule has 1 amide bonds. The van der Waals surface area contributed by atoms with E-state index in [1.165, 1.54) is 19.2 Å². The molecule has 0 aliphatic heterocycles. The van der Waals surface area contributed by atoms with Gasteiger partial charge in [-0.05, 0) is 48.0 Å². The smallest absolute Gasteiger partial charge is 0.269 e. The largest absolute Gasteiger partial charge is 0.493 e. The fourth-order valence-electron chi connectivity index (χ4n) is 2.58. The quantitative estimate of drug-likeness (QED) is 0.306. The van der Waals surface area contributed by atoms with Gasteiger partial charge in [-0.3, -0.25) is 20.3 Å². The van der Waals surface area contributed by atoms with Crippen molar-refractivity contribution in [2.24, 2.45) is 5.10 Å². The lowest BCUT2D eigenvalue weighted by Crippen LogP contribution is -2.20. The van der Waals surface area contributed by atoms with E-state index >= 15 is 0 Å². The van der Waals surface area contributed by atoms with E-state index in [4.69, 9.17) is 9.47 Å². The minimum atomic E-state index is -0.464. The van der Waals surface area contributed by atoms with Crippen LogP contribution in [0.2, 0.25) is 0 Å². The number of nitrogens with zero attached hydrogens (tertiary/aromatic N) is 2. The normalized spacial score (nSPS) is 10.5. The number of nitrogens with one attached hydrogen (secondary N) is 2. The summed E-state index contributed by atoms with van der Waals surface area (Å²) in [6, 6.07) is 20.2.